The summed E-state index contributed by atoms with van der Waals surface area (Å²) in [4.78, 5) is 11.3. The molecule has 0 saturated carbocycles. The number of nitrogens with two attached hydrogens (primary N) is 1. The number of carbonyl (C=O) groups is 1. The van der Waals surface area contributed by atoms with Crippen LogP contribution in [0.3, 0.4) is 0 Å². The van der Waals surface area contributed by atoms with Crippen LogP contribution >= 0.6 is 0 Å². The molecule has 0 bridgehead atoms. The SMILES string of the molecule is Cn1cc(N)c(C(=O)NCCC(F)(F)F)n1. The molecule has 3 N–H and O–H groups in total. The Balaban J connectivity index is 2.51. The van der Waals surface area contributed by atoms with Crippen molar-refractivity contribution in [2.75, 3.05) is 12.3 Å². The Bertz CT molecular complexity index is 385. The topological polar surface area (TPSA) is 72.9 Å². The lowest BCUT2D eigenvalue weighted by Gasteiger charge is -2.06. The van der Waals surface area contributed by atoms with Crippen LogP contribution in [0.5, 0.6) is 0 Å². The monoisotopic (exact) mass is 236 g/mol. The number of halogens is 3. The first kappa shape index (κ1) is 12.3. The molecule has 0 fully saturated rings. The number of carbonyl (C=O) groups excluding carboxylic acids is 1. The standard InChI is InChI=1S/C8H11F3N4O/c1-15-4-5(12)6(14-15)7(16)13-3-2-8(9,10)11/h4H,2-3,12H2,1H3,(H,13,16). The fourth-order valence-electron chi connectivity index (χ4n) is 1.08. The Hall–Kier alpha value is -1.73. The molecule has 0 aliphatic rings. The smallest absolute Gasteiger partial charge is 0.390 e. The molecule has 1 aromatic rings. The van der Waals surface area contributed by atoms with Gasteiger partial charge in [0.25, 0.3) is 5.91 Å². The van der Waals surface area contributed by atoms with Gasteiger partial charge in [0.15, 0.2) is 5.69 Å². The number of hydrogen-bond donors (Lipinski definition) is 2. The van der Waals surface area contributed by atoms with E-state index in [1.54, 1.807) is 7.05 Å². The molecule has 90 valence electrons. The number of aromatic nitrogens is 2. The number of nitrogens with zero attached hydrogens (tertiary/aromatic N) is 2. The summed E-state index contributed by atoms with van der Waals surface area (Å²) in [7, 11) is 1.56. The molecule has 0 aliphatic carbocycles. The maximum Gasteiger partial charge on any atom is 0.390 e. The summed E-state index contributed by atoms with van der Waals surface area (Å²) in [6.45, 7) is -0.488. The van der Waals surface area contributed by atoms with Crippen LogP contribution in [0.4, 0.5) is 18.9 Å². The maximum absolute atomic E-state index is 11.8. The van der Waals surface area contributed by atoms with Gasteiger partial charge in [-0.15, -0.1) is 0 Å². The third-order valence-electron chi connectivity index (χ3n) is 1.77. The van der Waals surface area contributed by atoms with Crippen LogP contribution in [0.25, 0.3) is 0 Å². The molecular formula is C8H11F3N4O. The van der Waals surface area contributed by atoms with Gasteiger partial charge in [-0.1, -0.05) is 0 Å². The van der Waals surface area contributed by atoms with Gasteiger partial charge >= 0.3 is 6.18 Å². The number of anilines is 1. The van der Waals surface area contributed by atoms with Crippen LogP contribution < -0.4 is 11.1 Å². The second kappa shape index (κ2) is 4.42. The van der Waals surface area contributed by atoms with Gasteiger partial charge in [0.05, 0.1) is 12.1 Å². The summed E-state index contributed by atoms with van der Waals surface area (Å²) in [5.74, 6) is -0.706. The summed E-state index contributed by atoms with van der Waals surface area (Å²) in [5, 5.41) is 5.82. The van der Waals surface area contributed by atoms with Gasteiger partial charge in [-0.3, -0.25) is 9.48 Å². The highest BCUT2D eigenvalue weighted by atomic mass is 19.4. The first-order valence-corrected chi connectivity index (χ1v) is 4.43. The number of amides is 1. The van der Waals surface area contributed by atoms with E-state index in [4.69, 9.17) is 5.73 Å². The van der Waals surface area contributed by atoms with Crippen molar-refractivity contribution in [3.05, 3.63) is 11.9 Å². The molecule has 0 saturated heterocycles. The molecule has 1 rings (SSSR count). The third-order valence-corrected chi connectivity index (χ3v) is 1.77. The van der Waals surface area contributed by atoms with Crippen molar-refractivity contribution in [3.8, 4) is 0 Å². The van der Waals surface area contributed by atoms with Crippen LogP contribution in [-0.2, 0) is 7.05 Å². The Labute approximate surface area is 89.4 Å². The van der Waals surface area contributed by atoms with E-state index in [0.29, 0.717) is 0 Å². The number of alkyl halides is 3. The van der Waals surface area contributed by atoms with Gasteiger partial charge in [0.1, 0.15) is 0 Å². The average Bonchev–Trinajstić information content (AvgIpc) is 2.43. The molecule has 0 radical (unpaired) electrons. The van der Waals surface area contributed by atoms with Gasteiger partial charge in [-0.25, -0.2) is 0 Å². The quantitative estimate of drug-likeness (QED) is 0.810. The highest BCUT2D eigenvalue weighted by Crippen LogP contribution is 2.18. The second-order valence-electron chi connectivity index (χ2n) is 3.23. The molecule has 0 atom stereocenters. The fraction of sp³-hybridized carbons (Fsp3) is 0.500. The lowest BCUT2D eigenvalue weighted by Crippen LogP contribution is -2.28. The van der Waals surface area contributed by atoms with Gasteiger partial charge in [-0.05, 0) is 0 Å². The van der Waals surface area contributed by atoms with Crippen LogP contribution in [-0.4, -0.2) is 28.4 Å². The van der Waals surface area contributed by atoms with Gasteiger partial charge < -0.3 is 11.1 Å². The molecule has 8 heteroatoms. The summed E-state index contributed by atoms with van der Waals surface area (Å²) in [6, 6.07) is 0. The van der Waals surface area contributed by atoms with Crippen LogP contribution in [0.15, 0.2) is 6.20 Å². The highest BCUT2D eigenvalue weighted by Gasteiger charge is 2.27. The lowest BCUT2D eigenvalue weighted by atomic mass is 10.3. The number of nitrogens with one attached hydrogen (secondary N) is 1. The third kappa shape index (κ3) is 3.44. The molecule has 0 unspecified atom stereocenters. The van der Waals surface area contributed by atoms with E-state index in [9.17, 15) is 18.0 Å². The van der Waals surface area contributed by atoms with Crippen molar-refractivity contribution in [2.24, 2.45) is 7.05 Å². The Morgan fingerprint density at radius 2 is 2.25 bits per heavy atom. The summed E-state index contributed by atoms with van der Waals surface area (Å²) in [6.07, 6.45) is -3.97. The summed E-state index contributed by atoms with van der Waals surface area (Å²) < 4.78 is 36.7. The lowest BCUT2D eigenvalue weighted by molar-refractivity contribution is -0.132. The summed E-state index contributed by atoms with van der Waals surface area (Å²) in [5.41, 5.74) is 5.50. The molecule has 0 aromatic carbocycles. The van der Waals surface area contributed by atoms with Crippen molar-refractivity contribution in [1.29, 1.82) is 0 Å². The first-order valence-electron chi connectivity index (χ1n) is 4.43. The molecule has 1 aromatic heterocycles. The molecule has 16 heavy (non-hydrogen) atoms. The van der Waals surface area contributed by atoms with Crippen molar-refractivity contribution < 1.29 is 18.0 Å². The van der Waals surface area contributed by atoms with Gasteiger partial charge in [0.2, 0.25) is 0 Å². The minimum Gasteiger partial charge on any atom is -0.396 e. The number of hydrogen-bond acceptors (Lipinski definition) is 3. The molecule has 1 heterocycles. The first-order chi connectivity index (χ1) is 7.29. The van der Waals surface area contributed by atoms with E-state index in [-0.39, 0.29) is 11.4 Å². The predicted octanol–water partition coefficient (Wildman–Crippen LogP) is 0.685. The minimum atomic E-state index is -4.29. The molecular weight excluding hydrogens is 225 g/mol. The average molecular weight is 236 g/mol. The number of nitrogen functional groups attached to an aromatic ring is 1. The zero-order valence-electron chi connectivity index (χ0n) is 8.51. The van der Waals surface area contributed by atoms with Gasteiger partial charge in [-0.2, -0.15) is 18.3 Å². The van der Waals surface area contributed by atoms with Crippen LogP contribution in [0.1, 0.15) is 16.9 Å². The largest absolute Gasteiger partial charge is 0.396 e. The van der Waals surface area contributed by atoms with E-state index in [1.165, 1.54) is 10.9 Å². The summed E-state index contributed by atoms with van der Waals surface area (Å²) >= 11 is 0. The normalized spacial score (nSPS) is 11.5. The van der Waals surface area contributed by atoms with Crippen LogP contribution in [0.2, 0.25) is 0 Å². The van der Waals surface area contributed by atoms with E-state index in [2.05, 4.69) is 10.4 Å². The number of rotatable bonds is 3. The minimum absolute atomic E-state index is 0.0651. The van der Waals surface area contributed by atoms with Crippen molar-refractivity contribution in [1.82, 2.24) is 15.1 Å². The van der Waals surface area contributed by atoms with E-state index < -0.39 is 25.0 Å². The maximum atomic E-state index is 11.8. The molecule has 0 spiro atoms. The zero-order chi connectivity index (χ0) is 12.3. The Morgan fingerprint density at radius 1 is 1.62 bits per heavy atom. The Morgan fingerprint density at radius 3 is 2.69 bits per heavy atom. The van der Waals surface area contributed by atoms with Crippen molar-refractivity contribution in [2.45, 2.75) is 12.6 Å². The Kier molecular flexibility index (Phi) is 3.41. The second-order valence-corrected chi connectivity index (χ2v) is 3.23. The highest BCUT2D eigenvalue weighted by molar-refractivity contribution is 5.96. The van der Waals surface area contributed by atoms with E-state index in [1.807, 2.05) is 0 Å². The van der Waals surface area contributed by atoms with Crippen molar-refractivity contribution in [3.63, 3.8) is 0 Å². The molecule has 1 amide bonds. The molecule has 0 aliphatic heterocycles. The zero-order valence-corrected chi connectivity index (χ0v) is 8.51. The van der Waals surface area contributed by atoms with E-state index in [0.717, 1.165) is 0 Å². The van der Waals surface area contributed by atoms with Crippen LogP contribution in [0, 0.1) is 0 Å². The fourth-order valence-corrected chi connectivity index (χ4v) is 1.08. The van der Waals surface area contributed by atoms with Crippen molar-refractivity contribution >= 4 is 11.6 Å². The predicted molar refractivity (Wildman–Crippen MR) is 50.6 cm³/mol. The number of aryl methyl sites for hydroxylation is 1. The van der Waals surface area contributed by atoms with Gasteiger partial charge in [0, 0.05) is 19.8 Å². The molecule has 5 nitrogen and oxygen atoms in total. The van der Waals surface area contributed by atoms with E-state index >= 15 is 0 Å².